The Labute approximate surface area is 88.0 Å². The maximum Gasteiger partial charge on any atom is 0.269 e. The number of carbonyl (C=O) groups is 1. The van der Waals surface area contributed by atoms with E-state index >= 15 is 0 Å². The Morgan fingerprint density at radius 3 is 2.47 bits per heavy atom. The van der Waals surface area contributed by atoms with Crippen LogP contribution in [0, 0.1) is 10.1 Å². The number of rotatable bonds is 4. The summed E-state index contributed by atoms with van der Waals surface area (Å²) in [6, 6.07) is 6.17. The summed E-state index contributed by atoms with van der Waals surface area (Å²) in [6.45, 7) is 0.424. The molecule has 0 spiro atoms. The van der Waals surface area contributed by atoms with Crippen LogP contribution in [0.2, 0.25) is 0 Å². The molecule has 1 aromatic carbocycles. The third kappa shape index (κ3) is 3.80. The van der Waals surface area contributed by atoms with Crippen LogP contribution in [-0.4, -0.2) is 25.1 Å². The number of nitrogens with zero attached hydrogens (tertiary/aromatic N) is 1. The molecule has 76 valence electrons. The highest BCUT2D eigenvalue weighted by atomic mass is 16.6. The number of non-ortho nitro benzene ring substituents is 1. The highest BCUT2D eigenvalue weighted by molar-refractivity contribution is 6.57. The zero-order chi connectivity index (χ0) is 11.3. The third-order valence-corrected chi connectivity index (χ3v) is 1.86. The summed E-state index contributed by atoms with van der Waals surface area (Å²) in [5, 5.41) is 12.8. The summed E-state index contributed by atoms with van der Waals surface area (Å²) in [4.78, 5) is 20.2. The van der Waals surface area contributed by atoms with E-state index in [9.17, 15) is 14.9 Å². The van der Waals surface area contributed by atoms with E-state index in [-0.39, 0.29) is 5.69 Å². The number of nitro benzene ring substituents is 1. The molecule has 0 bridgehead atoms. The summed E-state index contributed by atoms with van der Waals surface area (Å²) >= 11 is 0. The maximum atomic E-state index is 10.4. The normalized spacial score (nSPS) is 9.60. The fourth-order valence-corrected chi connectivity index (χ4v) is 1.11. The van der Waals surface area contributed by atoms with E-state index in [0.29, 0.717) is 13.0 Å². The average Bonchev–Trinajstić information content (AvgIpc) is 2.18. The van der Waals surface area contributed by atoms with Crippen molar-refractivity contribution in [2.24, 2.45) is 0 Å². The Balaban J connectivity index is 2.50. The lowest BCUT2D eigenvalue weighted by Gasteiger charge is -2.02. The summed E-state index contributed by atoms with van der Waals surface area (Å²) < 4.78 is 0. The number of hydrogen-bond acceptors (Lipinski definition) is 3. The number of carbonyl (C=O) groups excluding carboxylic acids is 1. The topological polar surface area (TPSA) is 72.2 Å². The Morgan fingerprint density at radius 2 is 2.00 bits per heavy atom. The minimum Gasteiger partial charge on any atom is -0.366 e. The van der Waals surface area contributed by atoms with Gasteiger partial charge in [-0.25, -0.2) is 0 Å². The van der Waals surface area contributed by atoms with Crippen molar-refractivity contribution in [2.45, 2.75) is 6.42 Å². The average molecular weight is 204 g/mol. The van der Waals surface area contributed by atoms with Crippen molar-refractivity contribution in [3.8, 4) is 0 Å². The van der Waals surface area contributed by atoms with E-state index in [1.54, 1.807) is 12.1 Å². The van der Waals surface area contributed by atoms with Crippen LogP contribution in [0.25, 0.3) is 0 Å². The highest BCUT2D eigenvalue weighted by Gasteiger charge is 2.03. The molecule has 1 aromatic rings. The van der Waals surface area contributed by atoms with E-state index in [2.05, 4.69) is 5.32 Å². The Kier molecular flexibility index (Phi) is 3.85. The van der Waals surface area contributed by atoms with Crippen LogP contribution in [-0.2, 0) is 6.42 Å². The zero-order valence-electron chi connectivity index (χ0n) is 7.97. The van der Waals surface area contributed by atoms with E-state index in [1.807, 2.05) is 0 Å². The van der Waals surface area contributed by atoms with Gasteiger partial charge in [0.05, 0.1) is 4.92 Å². The smallest absolute Gasteiger partial charge is 0.269 e. The van der Waals surface area contributed by atoms with E-state index < -0.39 is 10.7 Å². The second kappa shape index (κ2) is 5.14. The summed E-state index contributed by atoms with van der Waals surface area (Å²) in [5.41, 5.74) is 0.968. The lowest BCUT2D eigenvalue weighted by atomic mass is 10.1. The predicted octanol–water partition coefficient (Wildman–Crippen LogP) is 1.02. The molecule has 0 fully saturated rings. The SMILES string of the molecule is [B]C(=O)NCCc1ccc([N+](=O)[O-])cc1. The highest BCUT2D eigenvalue weighted by Crippen LogP contribution is 2.11. The Hall–Kier alpha value is -1.85. The van der Waals surface area contributed by atoms with Crippen LogP contribution in [0.5, 0.6) is 0 Å². The third-order valence-electron chi connectivity index (χ3n) is 1.86. The second-order valence-electron chi connectivity index (χ2n) is 2.96. The van der Waals surface area contributed by atoms with Gasteiger partial charge >= 0.3 is 0 Å². The Bertz CT molecular complexity index is 364. The first-order chi connectivity index (χ1) is 7.09. The molecule has 5 nitrogen and oxygen atoms in total. The van der Waals surface area contributed by atoms with Gasteiger partial charge in [-0.15, -0.1) is 0 Å². The molecule has 2 radical (unpaired) electrons. The van der Waals surface area contributed by atoms with Gasteiger partial charge in [0.25, 0.3) is 5.69 Å². The van der Waals surface area contributed by atoms with Gasteiger partial charge in [-0.05, 0) is 12.0 Å². The van der Waals surface area contributed by atoms with Crippen molar-refractivity contribution in [1.82, 2.24) is 5.32 Å². The minimum atomic E-state index is -0.572. The molecule has 0 aliphatic heterocycles. The fraction of sp³-hybridized carbons (Fsp3) is 0.222. The molecule has 15 heavy (non-hydrogen) atoms. The van der Waals surface area contributed by atoms with Gasteiger partial charge in [-0.1, -0.05) is 12.1 Å². The van der Waals surface area contributed by atoms with Crippen LogP contribution in [0.1, 0.15) is 5.56 Å². The summed E-state index contributed by atoms with van der Waals surface area (Å²) in [7, 11) is 4.88. The minimum absolute atomic E-state index is 0.0570. The lowest BCUT2D eigenvalue weighted by Crippen LogP contribution is -2.23. The molecular formula is C9H9BN2O3. The van der Waals surface area contributed by atoms with Crippen molar-refractivity contribution < 1.29 is 9.72 Å². The van der Waals surface area contributed by atoms with E-state index in [0.717, 1.165) is 5.56 Å². The largest absolute Gasteiger partial charge is 0.366 e. The number of nitrogens with one attached hydrogen (secondary N) is 1. The molecule has 0 aliphatic rings. The molecule has 0 saturated carbocycles. The number of amides is 1. The molecule has 0 aliphatic carbocycles. The van der Waals surface area contributed by atoms with Crippen LogP contribution < -0.4 is 5.32 Å². The van der Waals surface area contributed by atoms with Crippen LogP contribution in [0.4, 0.5) is 10.5 Å². The van der Waals surface area contributed by atoms with Crippen molar-refractivity contribution in [3.63, 3.8) is 0 Å². The molecule has 0 saturated heterocycles. The number of benzene rings is 1. The second-order valence-corrected chi connectivity index (χ2v) is 2.96. The van der Waals surface area contributed by atoms with Crippen LogP contribution in [0.3, 0.4) is 0 Å². The monoisotopic (exact) mass is 204 g/mol. The van der Waals surface area contributed by atoms with Gasteiger partial charge in [0.15, 0.2) is 13.7 Å². The van der Waals surface area contributed by atoms with Gasteiger partial charge < -0.3 is 5.32 Å². The van der Waals surface area contributed by atoms with E-state index in [1.165, 1.54) is 12.1 Å². The molecule has 0 atom stereocenters. The standard InChI is InChI=1S/C9H9BN2O3/c10-9(13)11-6-5-7-1-3-8(4-2-7)12(14)15/h1-4H,5-6H2,(H,11,13). The van der Waals surface area contributed by atoms with Crippen molar-refractivity contribution in [2.75, 3.05) is 6.54 Å². The van der Waals surface area contributed by atoms with Crippen LogP contribution >= 0.6 is 0 Å². The molecule has 6 heteroatoms. The molecular weight excluding hydrogens is 195 g/mol. The molecule has 0 aromatic heterocycles. The lowest BCUT2D eigenvalue weighted by molar-refractivity contribution is -0.384. The quantitative estimate of drug-likeness (QED) is 0.452. The van der Waals surface area contributed by atoms with Gasteiger partial charge in [-0.3, -0.25) is 14.9 Å². The van der Waals surface area contributed by atoms with Crippen molar-refractivity contribution >= 4 is 19.3 Å². The molecule has 1 N–H and O–H groups in total. The van der Waals surface area contributed by atoms with Gasteiger partial charge in [-0.2, -0.15) is 0 Å². The number of nitro groups is 1. The fourth-order valence-electron chi connectivity index (χ4n) is 1.11. The molecule has 0 unspecified atom stereocenters. The first-order valence-electron chi connectivity index (χ1n) is 4.36. The van der Waals surface area contributed by atoms with Gasteiger partial charge in [0.1, 0.15) is 0 Å². The first-order valence-corrected chi connectivity index (χ1v) is 4.36. The first kappa shape index (κ1) is 11.2. The predicted molar refractivity (Wildman–Crippen MR) is 56.0 cm³/mol. The zero-order valence-corrected chi connectivity index (χ0v) is 7.97. The van der Waals surface area contributed by atoms with Crippen molar-refractivity contribution in [1.29, 1.82) is 0 Å². The summed E-state index contributed by atoms with van der Waals surface area (Å²) in [5.74, 6) is -0.572. The summed E-state index contributed by atoms with van der Waals surface area (Å²) in [6.07, 6.45) is 0.598. The van der Waals surface area contributed by atoms with Crippen LogP contribution in [0.15, 0.2) is 24.3 Å². The maximum absolute atomic E-state index is 10.4. The molecule has 1 amide bonds. The number of hydrogen-bond donors (Lipinski definition) is 1. The van der Waals surface area contributed by atoms with Crippen molar-refractivity contribution in [3.05, 3.63) is 39.9 Å². The van der Waals surface area contributed by atoms with Gasteiger partial charge in [0.2, 0.25) is 0 Å². The molecule has 1 rings (SSSR count). The Morgan fingerprint density at radius 1 is 1.40 bits per heavy atom. The van der Waals surface area contributed by atoms with E-state index in [4.69, 9.17) is 7.85 Å². The van der Waals surface area contributed by atoms with Gasteiger partial charge in [0, 0.05) is 18.7 Å². The molecule has 0 heterocycles.